The topological polar surface area (TPSA) is 50.9 Å². The highest BCUT2D eigenvalue weighted by Gasteiger charge is 2.38. The lowest BCUT2D eigenvalue weighted by atomic mass is 10.1. The van der Waals surface area contributed by atoms with Crippen LogP contribution in [0.1, 0.15) is 17.9 Å². The van der Waals surface area contributed by atoms with E-state index in [-0.39, 0.29) is 0 Å². The number of benzene rings is 1. The summed E-state index contributed by atoms with van der Waals surface area (Å²) < 4.78 is 0. The molecule has 82 valence electrons. The molecule has 0 aliphatic heterocycles. The van der Waals surface area contributed by atoms with Crippen molar-refractivity contribution in [3.05, 3.63) is 42.1 Å². The quantitative estimate of drug-likeness (QED) is 0.854. The van der Waals surface area contributed by atoms with Crippen molar-refractivity contribution in [3.8, 4) is 0 Å². The molecule has 0 spiro atoms. The summed E-state index contributed by atoms with van der Waals surface area (Å²) in [5.41, 5.74) is 7.04. The smallest absolute Gasteiger partial charge is 0.184 e. The minimum Gasteiger partial charge on any atom is -0.389 e. The third-order valence-electron chi connectivity index (χ3n) is 2.85. The Labute approximate surface area is 98.3 Å². The molecule has 1 aromatic carbocycles. The molecule has 0 radical (unpaired) electrons. The van der Waals surface area contributed by atoms with Gasteiger partial charge >= 0.3 is 0 Å². The second-order valence-electron chi connectivity index (χ2n) is 4.07. The summed E-state index contributed by atoms with van der Waals surface area (Å²) in [5.74, 6) is 0.631. The van der Waals surface area contributed by atoms with E-state index >= 15 is 0 Å². The molecule has 0 saturated heterocycles. The van der Waals surface area contributed by atoms with Crippen LogP contribution in [0.25, 0.3) is 0 Å². The Morgan fingerprint density at radius 3 is 2.81 bits per heavy atom. The Morgan fingerprint density at radius 1 is 1.31 bits per heavy atom. The van der Waals surface area contributed by atoms with Gasteiger partial charge in [-0.3, -0.25) is 0 Å². The van der Waals surface area contributed by atoms with Gasteiger partial charge in [0, 0.05) is 12.0 Å². The number of aromatic nitrogens is 1. The lowest BCUT2D eigenvalue weighted by Crippen LogP contribution is -2.03. The molecule has 1 fully saturated rings. The Kier molecular flexibility index (Phi) is 2.29. The Balaban J connectivity index is 1.65. The summed E-state index contributed by atoms with van der Waals surface area (Å²) >= 11 is 1.51. The van der Waals surface area contributed by atoms with E-state index in [0.29, 0.717) is 12.0 Å². The molecule has 2 aromatic rings. The predicted molar refractivity (Wildman–Crippen MR) is 67.7 cm³/mol. The van der Waals surface area contributed by atoms with E-state index in [1.165, 1.54) is 23.3 Å². The first-order chi connectivity index (χ1) is 7.83. The summed E-state index contributed by atoms with van der Waals surface area (Å²) in [5, 5.41) is 5.11. The van der Waals surface area contributed by atoms with Gasteiger partial charge in [0.2, 0.25) is 0 Å². The van der Waals surface area contributed by atoms with Crippen molar-refractivity contribution < 1.29 is 0 Å². The summed E-state index contributed by atoms with van der Waals surface area (Å²) in [6, 6.07) is 11.1. The van der Waals surface area contributed by atoms with Gasteiger partial charge in [-0.25, -0.2) is 4.98 Å². The first-order valence-corrected chi connectivity index (χ1v) is 6.17. The molecular formula is C12H13N3S. The van der Waals surface area contributed by atoms with E-state index in [1.807, 2.05) is 0 Å². The highest BCUT2D eigenvalue weighted by molar-refractivity contribution is 7.19. The van der Waals surface area contributed by atoms with Gasteiger partial charge in [-0.1, -0.05) is 41.7 Å². The second-order valence-corrected chi connectivity index (χ2v) is 5.13. The number of hydrogen-bond acceptors (Lipinski definition) is 4. The third kappa shape index (κ3) is 1.88. The molecule has 1 heterocycles. The third-order valence-corrected chi connectivity index (χ3v) is 3.61. The molecule has 1 saturated carbocycles. The molecule has 1 aliphatic carbocycles. The molecule has 1 aliphatic rings. The lowest BCUT2D eigenvalue weighted by Gasteiger charge is -2.01. The van der Waals surface area contributed by atoms with Gasteiger partial charge in [-0.05, 0) is 12.0 Å². The number of nitrogens with one attached hydrogen (secondary N) is 1. The minimum atomic E-state index is 0.521. The van der Waals surface area contributed by atoms with Gasteiger partial charge in [0.15, 0.2) is 5.13 Å². The standard InChI is InChI=1S/C12H13N3S/c13-11-7-14-12(16-11)15-10-6-9(10)8-4-2-1-3-5-8/h1-5,7,9-10H,6,13H2,(H,14,15). The van der Waals surface area contributed by atoms with Crippen LogP contribution >= 0.6 is 11.3 Å². The molecule has 4 heteroatoms. The van der Waals surface area contributed by atoms with Crippen molar-refractivity contribution in [3.63, 3.8) is 0 Å². The molecule has 1 aromatic heterocycles. The lowest BCUT2D eigenvalue weighted by molar-refractivity contribution is 1.04. The van der Waals surface area contributed by atoms with Crippen molar-refractivity contribution in [2.45, 2.75) is 18.4 Å². The summed E-state index contributed by atoms with van der Waals surface area (Å²) in [6.07, 6.45) is 2.89. The Bertz CT molecular complexity index is 480. The fourth-order valence-corrected chi connectivity index (χ4v) is 2.58. The van der Waals surface area contributed by atoms with Crippen molar-refractivity contribution in [1.82, 2.24) is 4.98 Å². The van der Waals surface area contributed by atoms with E-state index in [9.17, 15) is 0 Å². The molecule has 2 atom stereocenters. The van der Waals surface area contributed by atoms with Crippen LogP contribution < -0.4 is 11.1 Å². The molecule has 3 nitrogen and oxygen atoms in total. The fourth-order valence-electron chi connectivity index (χ4n) is 1.94. The van der Waals surface area contributed by atoms with Gasteiger partial charge in [0.05, 0.1) is 6.20 Å². The fraction of sp³-hybridized carbons (Fsp3) is 0.250. The number of nitrogens with two attached hydrogens (primary N) is 1. The van der Waals surface area contributed by atoms with Gasteiger partial charge < -0.3 is 11.1 Å². The van der Waals surface area contributed by atoms with Crippen LogP contribution in [0.15, 0.2) is 36.5 Å². The highest BCUT2D eigenvalue weighted by Crippen LogP contribution is 2.43. The van der Waals surface area contributed by atoms with Crippen LogP contribution in [0.3, 0.4) is 0 Å². The molecule has 3 N–H and O–H groups in total. The summed E-state index contributed by atoms with van der Waals surface area (Å²) in [6.45, 7) is 0. The molecule has 16 heavy (non-hydrogen) atoms. The van der Waals surface area contributed by atoms with E-state index in [1.54, 1.807) is 6.20 Å². The molecular weight excluding hydrogens is 218 g/mol. The number of hydrogen-bond donors (Lipinski definition) is 2. The monoisotopic (exact) mass is 231 g/mol. The van der Waals surface area contributed by atoms with Crippen LogP contribution in [0, 0.1) is 0 Å². The molecule has 2 unspecified atom stereocenters. The van der Waals surface area contributed by atoms with E-state index in [0.717, 1.165) is 10.1 Å². The maximum atomic E-state index is 5.64. The normalized spacial score (nSPS) is 23.0. The average molecular weight is 231 g/mol. The highest BCUT2D eigenvalue weighted by atomic mass is 32.1. The zero-order valence-electron chi connectivity index (χ0n) is 8.76. The zero-order valence-corrected chi connectivity index (χ0v) is 9.58. The SMILES string of the molecule is Nc1cnc(NC2CC2c2ccccc2)s1. The van der Waals surface area contributed by atoms with E-state index in [4.69, 9.17) is 5.73 Å². The van der Waals surface area contributed by atoms with Crippen molar-refractivity contribution >= 4 is 21.5 Å². The Hall–Kier alpha value is -1.55. The van der Waals surface area contributed by atoms with Crippen molar-refractivity contribution in [2.24, 2.45) is 0 Å². The molecule has 3 rings (SSSR count). The van der Waals surface area contributed by atoms with E-state index < -0.39 is 0 Å². The van der Waals surface area contributed by atoms with Crippen LogP contribution in [-0.2, 0) is 0 Å². The number of nitrogens with zero attached hydrogens (tertiary/aromatic N) is 1. The van der Waals surface area contributed by atoms with Crippen LogP contribution in [0.5, 0.6) is 0 Å². The zero-order chi connectivity index (χ0) is 11.0. The molecule has 0 amide bonds. The minimum absolute atomic E-state index is 0.521. The van der Waals surface area contributed by atoms with Gasteiger partial charge in [0.1, 0.15) is 5.00 Å². The number of rotatable bonds is 3. The van der Waals surface area contributed by atoms with Crippen molar-refractivity contribution in [2.75, 3.05) is 11.1 Å². The van der Waals surface area contributed by atoms with Crippen LogP contribution in [0.2, 0.25) is 0 Å². The van der Waals surface area contributed by atoms with Crippen LogP contribution in [-0.4, -0.2) is 11.0 Å². The summed E-state index contributed by atoms with van der Waals surface area (Å²) in [7, 11) is 0. The van der Waals surface area contributed by atoms with Gasteiger partial charge in [0.25, 0.3) is 0 Å². The largest absolute Gasteiger partial charge is 0.389 e. The Morgan fingerprint density at radius 2 is 2.12 bits per heavy atom. The number of anilines is 2. The second kappa shape index (κ2) is 3.79. The summed E-state index contributed by atoms with van der Waals surface area (Å²) in [4.78, 5) is 4.21. The van der Waals surface area contributed by atoms with E-state index in [2.05, 4.69) is 40.6 Å². The maximum absolute atomic E-state index is 5.64. The molecule has 0 bridgehead atoms. The predicted octanol–water partition coefficient (Wildman–Crippen LogP) is 2.69. The number of thiazole rings is 1. The maximum Gasteiger partial charge on any atom is 0.184 e. The average Bonchev–Trinajstić information content (AvgIpc) is 2.95. The van der Waals surface area contributed by atoms with Gasteiger partial charge in [-0.15, -0.1) is 0 Å². The van der Waals surface area contributed by atoms with Crippen LogP contribution in [0.4, 0.5) is 10.1 Å². The first kappa shape index (κ1) is 9.66. The first-order valence-electron chi connectivity index (χ1n) is 5.36. The number of nitrogen functional groups attached to an aromatic ring is 1. The van der Waals surface area contributed by atoms with Gasteiger partial charge in [-0.2, -0.15) is 0 Å². The van der Waals surface area contributed by atoms with Crippen molar-refractivity contribution in [1.29, 1.82) is 0 Å².